The normalized spacial score (nSPS) is 12.8. The summed E-state index contributed by atoms with van der Waals surface area (Å²) in [5.41, 5.74) is 5.50. The van der Waals surface area contributed by atoms with Crippen molar-refractivity contribution in [3.63, 3.8) is 0 Å². The summed E-state index contributed by atoms with van der Waals surface area (Å²) in [5, 5.41) is 1.03. The van der Waals surface area contributed by atoms with E-state index in [2.05, 4.69) is 5.43 Å². The van der Waals surface area contributed by atoms with Crippen LogP contribution in [0.5, 0.6) is 0 Å². The lowest BCUT2D eigenvalue weighted by molar-refractivity contribution is 0.476. The van der Waals surface area contributed by atoms with Crippen molar-refractivity contribution >= 4 is 11.0 Å². The van der Waals surface area contributed by atoms with Gasteiger partial charge in [0.15, 0.2) is 0 Å². The summed E-state index contributed by atoms with van der Waals surface area (Å²) in [6.45, 7) is 2.00. The van der Waals surface area contributed by atoms with Gasteiger partial charge >= 0.3 is 0 Å². The summed E-state index contributed by atoms with van der Waals surface area (Å²) in [6, 6.07) is 13.8. The Labute approximate surface area is 116 Å². The van der Waals surface area contributed by atoms with Crippen molar-refractivity contribution in [2.75, 3.05) is 0 Å². The SMILES string of the molecule is Cc1cccc2cc(C(NN)c3ccc(F)cc3)oc12. The molecule has 0 amide bonds. The highest BCUT2D eigenvalue weighted by Gasteiger charge is 2.17. The molecule has 1 aromatic heterocycles. The van der Waals surface area contributed by atoms with Crippen LogP contribution >= 0.6 is 0 Å². The molecule has 1 heterocycles. The number of nitrogens with one attached hydrogen (secondary N) is 1. The van der Waals surface area contributed by atoms with Crippen LogP contribution in [0.2, 0.25) is 0 Å². The van der Waals surface area contributed by atoms with Crippen molar-refractivity contribution in [1.29, 1.82) is 0 Å². The summed E-state index contributed by atoms with van der Waals surface area (Å²) in [5.74, 6) is 6.07. The van der Waals surface area contributed by atoms with Crippen molar-refractivity contribution in [1.82, 2.24) is 5.43 Å². The zero-order valence-corrected chi connectivity index (χ0v) is 11.1. The van der Waals surface area contributed by atoms with E-state index in [1.165, 1.54) is 12.1 Å². The Balaban J connectivity index is 2.07. The van der Waals surface area contributed by atoms with Gasteiger partial charge < -0.3 is 4.42 Å². The first-order chi connectivity index (χ1) is 9.69. The van der Waals surface area contributed by atoms with Gasteiger partial charge in [0.1, 0.15) is 23.2 Å². The number of hydrogen-bond donors (Lipinski definition) is 2. The topological polar surface area (TPSA) is 51.2 Å². The number of halogens is 1. The number of rotatable bonds is 3. The lowest BCUT2D eigenvalue weighted by Gasteiger charge is -2.13. The van der Waals surface area contributed by atoms with E-state index < -0.39 is 0 Å². The predicted molar refractivity (Wildman–Crippen MR) is 76.5 cm³/mol. The van der Waals surface area contributed by atoms with Crippen LogP contribution in [0.4, 0.5) is 4.39 Å². The highest BCUT2D eigenvalue weighted by atomic mass is 19.1. The average molecular weight is 270 g/mol. The fourth-order valence-corrected chi connectivity index (χ4v) is 2.37. The number of benzene rings is 2. The molecule has 0 aliphatic carbocycles. The molecule has 3 N–H and O–H groups in total. The van der Waals surface area contributed by atoms with Gasteiger partial charge in [0, 0.05) is 5.39 Å². The smallest absolute Gasteiger partial charge is 0.137 e. The molecule has 1 atom stereocenters. The van der Waals surface area contributed by atoms with Crippen LogP contribution < -0.4 is 11.3 Å². The summed E-state index contributed by atoms with van der Waals surface area (Å²) in [4.78, 5) is 0. The molecule has 0 saturated carbocycles. The number of nitrogens with two attached hydrogens (primary N) is 1. The number of aryl methyl sites for hydroxylation is 1. The lowest BCUT2D eigenvalue weighted by Crippen LogP contribution is -2.28. The van der Waals surface area contributed by atoms with Crippen molar-refractivity contribution in [2.45, 2.75) is 13.0 Å². The van der Waals surface area contributed by atoms with Gasteiger partial charge in [-0.25, -0.2) is 9.82 Å². The maximum absolute atomic E-state index is 13.0. The molecular formula is C16H15FN2O. The van der Waals surface area contributed by atoms with E-state index in [1.807, 2.05) is 31.2 Å². The molecule has 0 bridgehead atoms. The fraction of sp³-hybridized carbons (Fsp3) is 0.125. The Hall–Kier alpha value is -2.17. The van der Waals surface area contributed by atoms with Gasteiger partial charge in [0.25, 0.3) is 0 Å². The van der Waals surface area contributed by atoms with Crippen LogP contribution in [0.15, 0.2) is 52.9 Å². The lowest BCUT2D eigenvalue weighted by atomic mass is 10.0. The van der Waals surface area contributed by atoms with Crippen molar-refractivity contribution in [3.8, 4) is 0 Å². The first-order valence-corrected chi connectivity index (χ1v) is 6.39. The van der Waals surface area contributed by atoms with Crippen LogP contribution in [0.1, 0.15) is 22.9 Å². The van der Waals surface area contributed by atoms with E-state index in [-0.39, 0.29) is 11.9 Å². The van der Waals surface area contributed by atoms with E-state index in [1.54, 1.807) is 12.1 Å². The highest BCUT2D eigenvalue weighted by molar-refractivity contribution is 5.81. The Kier molecular flexibility index (Phi) is 3.26. The first kappa shape index (κ1) is 12.8. The van der Waals surface area contributed by atoms with Gasteiger partial charge in [-0.05, 0) is 36.2 Å². The molecule has 0 aliphatic rings. The minimum Gasteiger partial charge on any atom is -0.459 e. The Morgan fingerprint density at radius 1 is 1.15 bits per heavy atom. The van der Waals surface area contributed by atoms with Crippen molar-refractivity contribution in [2.24, 2.45) is 5.84 Å². The molecule has 0 aliphatic heterocycles. The number of para-hydroxylation sites is 1. The number of fused-ring (bicyclic) bond motifs is 1. The highest BCUT2D eigenvalue weighted by Crippen LogP contribution is 2.29. The third-order valence-electron chi connectivity index (χ3n) is 3.41. The van der Waals surface area contributed by atoms with Crippen molar-refractivity contribution < 1.29 is 8.81 Å². The second-order valence-corrected chi connectivity index (χ2v) is 4.79. The maximum Gasteiger partial charge on any atom is 0.137 e. The molecule has 3 rings (SSSR count). The van der Waals surface area contributed by atoms with Gasteiger partial charge in [-0.15, -0.1) is 0 Å². The van der Waals surface area contributed by atoms with E-state index in [4.69, 9.17) is 10.3 Å². The molecule has 0 spiro atoms. The van der Waals surface area contributed by atoms with E-state index in [0.29, 0.717) is 5.76 Å². The van der Waals surface area contributed by atoms with Gasteiger partial charge in [0.05, 0.1) is 0 Å². The Bertz CT molecular complexity index is 734. The zero-order valence-electron chi connectivity index (χ0n) is 11.1. The monoisotopic (exact) mass is 270 g/mol. The van der Waals surface area contributed by atoms with Crippen molar-refractivity contribution in [3.05, 3.63) is 71.2 Å². The average Bonchev–Trinajstić information content (AvgIpc) is 2.87. The van der Waals surface area contributed by atoms with Gasteiger partial charge in [-0.3, -0.25) is 5.84 Å². The molecule has 1 unspecified atom stereocenters. The van der Waals surface area contributed by atoms with Crippen LogP contribution in [-0.2, 0) is 0 Å². The van der Waals surface area contributed by atoms with Gasteiger partial charge in [0.2, 0.25) is 0 Å². The molecular weight excluding hydrogens is 255 g/mol. The molecule has 3 aromatic rings. The van der Waals surface area contributed by atoms with Gasteiger partial charge in [-0.2, -0.15) is 0 Å². The third-order valence-corrected chi connectivity index (χ3v) is 3.41. The standard InChI is InChI=1S/C16H15FN2O/c1-10-3-2-4-12-9-14(20-16(10)12)15(19-18)11-5-7-13(17)8-6-11/h2-9,15,19H,18H2,1H3. The van der Waals surface area contributed by atoms with Crippen LogP contribution in [0.25, 0.3) is 11.0 Å². The molecule has 0 saturated heterocycles. The van der Waals surface area contributed by atoms with E-state index in [9.17, 15) is 4.39 Å². The zero-order chi connectivity index (χ0) is 14.1. The molecule has 20 heavy (non-hydrogen) atoms. The summed E-state index contributed by atoms with van der Waals surface area (Å²) >= 11 is 0. The van der Waals surface area contributed by atoms with Gasteiger partial charge in [-0.1, -0.05) is 30.3 Å². The van der Waals surface area contributed by atoms with Crippen LogP contribution in [0.3, 0.4) is 0 Å². The Morgan fingerprint density at radius 3 is 2.55 bits per heavy atom. The summed E-state index contributed by atoms with van der Waals surface area (Å²) in [6.07, 6.45) is 0. The van der Waals surface area contributed by atoms with Crippen LogP contribution in [-0.4, -0.2) is 0 Å². The maximum atomic E-state index is 13.0. The number of hydrogen-bond acceptors (Lipinski definition) is 3. The third kappa shape index (κ3) is 2.19. The van der Waals surface area contributed by atoms with E-state index >= 15 is 0 Å². The second-order valence-electron chi connectivity index (χ2n) is 4.79. The minimum absolute atomic E-state index is 0.273. The quantitative estimate of drug-likeness (QED) is 0.566. The largest absolute Gasteiger partial charge is 0.459 e. The predicted octanol–water partition coefficient (Wildman–Crippen LogP) is 3.43. The van der Waals surface area contributed by atoms with Crippen LogP contribution in [0, 0.1) is 12.7 Å². The fourth-order valence-electron chi connectivity index (χ4n) is 2.37. The number of furan rings is 1. The summed E-state index contributed by atoms with van der Waals surface area (Å²) in [7, 11) is 0. The number of hydrazine groups is 1. The molecule has 4 heteroatoms. The first-order valence-electron chi connectivity index (χ1n) is 6.39. The second kappa shape index (κ2) is 5.07. The molecule has 0 radical (unpaired) electrons. The summed E-state index contributed by atoms with van der Waals surface area (Å²) < 4.78 is 18.9. The molecule has 3 nitrogen and oxygen atoms in total. The molecule has 2 aromatic carbocycles. The van der Waals surface area contributed by atoms with E-state index in [0.717, 1.165) is 22.1 Å². The molecule has 102 valence electrons. The minimum atomic E-state index is -0.303. The Morgan fingerprint density at radius 2 is 1.90 bits per heavy atom. The molecule has 0 fully saturated rings.